The maximum Gasteiger partial charge on any atom is 0.0306 e. The minimum Gasteiger partial charge on any atom is -0.264 e. The van der Waals surface area contributed by atoms with Crippen LogP contribution in [-0.4, -0.2) is 4.98 Å². The molecule has 2 atom stereocenters. The molecule has 0 aliphatic heterocycles. The van der Waals surface area contributed by atoms with Gasteiger partial charge in [0.15, 0.2) is 0 Å². The molecule has 0 fully saturated rings. The van der Waals surface area contributed by atoms with Crippen molar-refractivity contribution >= 4 is 0 Å². The minimum absolute atomic E-state index is 0.232. The highest BCUT2D eigenvalue weighted by Crippen LogP contribution is 2.41. The lowest BCUT2D eigenvalue weighted by Crippen LogP contribution is -2.19. The van der Waals surface area contributed by atoms with E-state index in [1.54, 1.807) is 0 Å². The maximum atomic E-state index is 4.25. The van der Waals surface area contributed by atoms with E-state index in [-0.39, 0.29) is 5.41 Å². The highest BCUT2D eigenvalue weighted by Gasteiger charge is 2.27. The number of nitrogens with zero attached hydrogens (tertiary/aromatic N) is 1. The fourth-order valence-electron chi connectivity index (χ4n) is 2.77. The van der Waals surface area contributed by atoms with Gasteiger partial charge in [-0.1, -0.05) is 51.5 Å². The first-order valence-corrected chi connectivity index (χ1v) is 6.70. The molecule has 1 heteroatoms. The zero-order chi connectivity index (χ0) is 13.3. The van der Waals surface area contributed by atoms with Gasteiger partial charge in [0.05, 0.1) is 0 Å². The van der Waals surface area contributed by atoms with Gasteiger partial charge in [-0.2, -0.15) is 0 Å². The summed E-state index contributed by atoms with van der Waals surface area (Å²) in [4.78, 5) is 4.25. The summed E-state index contributed by atoms with van der Waals surface area (Å²) in [7, 11) is 0. The summed E-state index contributed by atoms with van der Waals surface area (Å²) in [5.74, 6) is 1.01. The van der Waals surface area contributed by atoms with Crippen molar-refractivity contribution in [2.45, 2.75) is 40.5 Å². The van der Waals surface area contributed by atoms with Crippen molar-refractivity contribution < 1.29 is 0 Å². The van der Waals surface area contributed by atoms with Gasteiger partial charge in [-0.05, 0) is 35.5 Å². The van der Waals surface area contributed by atoms with Gasteiger partial charge in [0.2, 0.25) is 0 Å². The molecule has 0 spiro atoms. The average molecular weight is 241 g/mol. The maximum absolute atomic E-state index is 4.25. The molecule has 1 aromatic rings. The van der Waals surface area contributed by atoms with Gasteiger partial charge >= 0.3 is 0 Å². The van der Waals surface area contributed by atoms with E-state index in [4.69, 9.17) is 0 Å². The second kappa shape index (κ2) is 4.72. The lowest BCUT2D eigenvalue weighted by molar-refractivity contribution is 0.490. The van der Waals surface area contributed by atoms with Crippen LogP contribution in [0.4, 0.5) is 0 Å². The van der Waals surface area contributed by atoms with Crippen molar-refractivity contribution in [3.05, 3.63) is 53.4 Å². The molecule has 0 saturated carbocycles. The van der Waals surface area contributed by atoms with Gasteiger partial charge in [-0.15, -0.1) is 0 Å². The van der Waals surface area contributed by atoms with E-state index in [1.165, 1.54) is 16.7 Å². The molecule has 1 aliphatic rings. The molecule has 1 aliphatic carbocycles. The molecule has 2 unspecified atom stereocenters. The predicted molar refractivity (Wildman–Crippen MR) is 77.4 cm³/mol. The van der Waals surface area contributed by atoms with E-state index in [2.05, 4.69) is 57.8 Å². The Hall–Kier alpha value is -1.37. The Bertz CT molecular complexity index is 474. The minimum atomic E-state index is 0.232. The summed E-state index contributed by atoms with van der Waals surface area (Å²) in [5.41, 5.74) is 4.45. The van der Waals surface area contributed by atoms with Gasteiger partial charge in [-0.25, -0.2) is 0 Å². The van der Waals surface area contributed by atoms with Crippen LogP contribution < -0.4 is 0 Å². The lowest BCUT2D eigenvalue weighted by Gasteiger charge is -2.32. The molecular formula is C17H23N. The van der Waals surface area contributed by atoms with Crippen LogP contribution in [-0.2, 0) is 0 Å². The van der Waals surface area contributed by atoms with Crippen LogP contribution in [0.5, 0.6) is 0 Å². The molecule has 0 saturated heterocycles. The fraction of sp³-hybridized carbons (Fsp3) is 0.471. The van der Waals surface area contributed by atoms with Crippen molar-refractivity contribution in [2.24, 2.45) is 11.3 Å². The summed E-state index contributed by atoms with van der Waals surface area (Å²) >= 11 is 0. The van der Waals surface area contributed by atoms with E-state index >= 15 is 0 Å². The summed E-state index contributed by atoms with van der Waals surface area (Å²) in [5, 5.41) is 0. The number of pyridine rings is 1. The number of hydrogen-bond donors (Lipinski definition) is 0. The molecular weight excluding hydrogens is 218 g/mol. The molecule has 18 heavy (non-hydrogen) atoms. The summed E-state index contributed by atoms with van der Waals surface area (Å²) in [6.07, 6.45) is 8.61. The normalized spacial score (nSPS) is 24.5. The largest absolute Gasteiger partial charge is 0.264 e. The highest BCUT2D eigenvalue weighted by atomic mass is 14.6. The third kappa shape index (κ3) is 2.55. The van der Waals surface area contributed by atoms with Gasteiger partial charge in [0, 0.05) is 18.3 Å². The smallest absolute Gasteiger partial charge is 0.0306 e. The van der Waals surface area contributed by atoms with E-state index in [9.17, 15) is 0 Å². The van der Waals surface area contributed by atoms with E-state index in [0.717, 1.165) is 0 Å². The van der Waals surface area contributed by atoms with Crippen LogP contribution >= 0.6 is 0 Å². The molecule has 1 aromatic heterocycles. The lowest BCUT2D eigenvalue weighted by atomic mass is 9.73. The van der Waals surface area contributed by atoms with Crippen LogP contribution in [0.15, 0.2) is 47.8 Å². The Balaban J connectivity index is 2.35. The topological polar surface area (TPSA) is 12.9 Å². The van der Waals surface area contributed by atoms with E-state index in [1.807, 2.05) is 18.5 Å². The van der Waals surface area contributed by atoms with Crippen molar-refractivity contribution in [3.8, 4) is 0 Å². The predicted octanol–water partition coefficient (Wildman–Crippen LogP) is 4.73. The average Bonchev–Trinajstić information content (AvgIpc) is 2.28. The number of hydrogen-bond acceptors (Lipinski definition) is 1. The van der Waals surface area contributed by atoms with Crippen LogP contribution in [0.25, 0.3) is 0 Å². The molecule has 96 valence electrons. The first-order valence-electron chi connectivity index (χ1n) is 6.70. The van der Waals surface area contributed by atoms with E-state index < -0.39 is 0 Å². The molecule has 1 nitrogen and oxygen atoms in total. The number of rotatable bonds is 1. The summed E-state index contributed by atoms with van der Waals surface area (Å²) in [6, 6.07) is 4.21. The molecule has 2 rings (SSSR count). The highest BCUT2D eigenvalue weighted by molar-refractivity contribution is 5.40. The van der Waals surface area contributed by atoms with Crippen molar-refractivity contribution in [1.29, 1.82) is 0 Å². The Kier molecular flexibility index (Phi) is 3.43. The van der Waals surface area contributed by atoms with Crippen molar-refractivity contribution in [1.82, 2.24) is 4.98 Å². The van der Waals surface area contributed by atoms with Crippen LogP contribution in [0.1, 0.15) is 46.1 Å². The number of allylic oxidation sites excluding steroid dienone is 4. The Labute approximate surface area is 111 Å². The van der Waals surface area contributed by atoms with Crippen LogP contribution in [0.3, 0.4) is 0 Å². The van der Waals surface area contributed by atoms with Crippen LogP contribution in [0, 0.1) is 11.3 Å². The van der Waals surface area contributed by atoms with Crippen molar-refractivity contribution in [3.63, 3.8) is 0 Å². The second-order valence-electron chi connectivity index (χ2n) is 6.38. The SMILES string of the molecule is CC1=CC(C(C)(C)C)=CC(C)C1c1cccnc1. The monoisotopic (exact) mass is 241 g/mol. The Morgan fingerprint density at radius 3 is 2.44 bits per heavy atom. The molecule has 0 N–H and O–H groups in total. The Morgan fingerprint density at radius 2 is 1.94 bits per heavy atom. The summed E-state index contributed by atoms with van der Waals surface area (Å²) in [6.45, 7) is 11.4. The van der Waals surface area contributed by atoms with Gasteiger partial charge in [0.1, 0.15) is 0 Å². The third-order valence-electron chi connectivity index (χ3n) is 3.75. The van der Waals surface area contributed by atoms with Crippen LogP contribution in [0.2, 0.25) is 0 Å². The third-order valence-corrected chi connectivity index (χ3v) is 3.75. The fourth-order valence-corrected chi connectivity index (χ4v) is 2.77. The zero-order valence-electron chi connectivity index (χ0n) is 12.1. The standard InChI is InChI=1S/C17H23N/c1-12-9-15(17(3,4)5)10-13(2)16(12)14-7-6-8-18-11-14/h6-12,16H,1-5H3. The molecule has 0 radical (unpaired) electrons. The first-order chi connectivity index (χ1) is 8.39. The van der Waals surface area contributed by atoms with Gasteiger partial charge in [-0.3, -0.25) is 4.98 Å². The quantitative estimate of drug-likeness (QED) is 0.692. The van der Waals surface area contributed by atoms with Gasteiger partial charge < -0.3 is 0 Å². The van der Waals surface area contributed by atoms with Crippen molar-refractivity contribution in [2.75, 3.05) is 0 Å². The Morgan fingerprint density at radius 1 is 1.22 bits per heavy atom. The number of aromatic nitrogens is 1. The first kappa shape index (κ1) is 13.1. The molecule has 0 aromatic carbocycles. The molecule has 0 bridgehead atoms. The molecule has 1 heterocycles. The second-order valence-corrected chi connectivity index (χ2v) is 6.38. The van der Waals surface area contributed by atoms with E-state index in [0.29, 0.717) is 11.8 Å². The zero-order valence-corrected chi connectivity index (χ0v) is 12.1. The van der Waals surface area contributed by atoms with Gasteiger partial charge in [0.25, 0.3) is 0 Å². The molecule has 0 amide bonds. The summed E-state index contributed by atoms with van der Waals surface area (Å²) < 4.78 is 0.